The molecular weight excluding hydrogens is 253 g/mol. The smallest absolute Gasteiger partial charge is 0.258 e. The Morgan fingerprint density at radius 3 is 2.55 bits per heavy atom. The molecular formula is C17H18FNO. The lowest BCUT2D eigenvalue weighted by atomic mass is 10.1. The zero-order chi connectivity index (χ0) is 14.7. The van der Waals surface area contributed by atoms with Crippen LogP contribution in [0, 0.1) is 19.7 Å². The van der Waals surface area contributed by atoms with Gasteiger partial charge in [0.2, 0.25) is 0 Å². The van der Waals surface area contributed by atoms with Crippen LogP contribution in [0.25, 0.3) is 0 Å². The van der Waals surface area contributed by atoms with E-state index in [1.165, 1.54) is 12.1 Å². The van der Waals surface area contributed by atoms with Crippen LogP contribution in [0.5, 0.6) is 0 Å². The number of anilines is 1. The monoisotopic (exact) mass is 271 g/mol. The Bertz CT molecular complexity index is 637. The molecule has 0 fully saturated rings. The van der Waals surface area contributed by atoms with Gasteiger partial charge in [-0.15, -0.1) is 0 Å². The van der Waals surface area contributed by atoms with E-state index in [0.717, 1.165) is 16.8 Å². The van der Waals surface area contributed by atoms with Crippen LogP contribution in [0.4, 0.5) is 10.1 Å². The van der Waals surface area contributed by atoms with Crippen LogP contribution in [-0.4, -0.2) is 12.5 Å². The van der Waals surface area contributed by atoms with Gasteiger partial charge in [-0.25, -0.2) is 4.39 Å². The van der Waals surface area contributed by atoms with Gasteiger partial charge in [0, 0.05) is 17.8 Å². The highest BCUT2D eigenvalue weighted by Crippen LogP contribution is 2.23. The number of hydrogen-bond donors (Lipinski definition) is 0. The number of benzene rings is 2. The summed E-state index contributed by atoms with van der Waals surface area (Å²) in [5.41, 5.74) is 3.37. The van der Waals surface area contributed by atoms with E-state index in [-0.39, 0.29) is 5.91 Å². The second-order valence-electron chi connectivity index (χ2n) is 4.85. The number of carbonyl (C=O) groups excluding carboxylic acids is 1. The van der Waals surface area contributed by atoms with E-state index in [4.69, 9.17) is 0 Å². The standard InChI is InChI=1S/C17H18FNO/c1-4-19(16-10-12(2)8-9-13(16)3)17(20)14-6-5-7-15(18)11-14/h5-11H,4H2,1-3H3. The molecule has 3 heteroatoms. The lowest BCUT2D eigenvalue weighted by molar-refractivity contribution is 0.0987. The highest BCUT2D eigenvalue weighted by molar-refractivity contribution is 6.06. The molecule has 0 radical (unpaired) electrons. The SMILES string of the molecule is CCN(C(=O)c1cccc(F)c1)c1cc(C)ccc1C. The summed E-state index contributed by atoms with van der Waals surface area (Å²) in [6.45, 7) is 6.42. The lowest BCUT2D eigenvalue weighted by Gasteiger charge is -2.23. The van der Waals surface area contributed by atoms with Gasteiger partial charge in [-0.3, -0.25) is 4.79 Å². The van der Waals surface area contributed by atoms with Crippen LogP contribution < -0.4 is 4.90 Å². The van der Waals surface area contributed by atoms with Crippen LogP contribution >= 0.6 is 0 Å². The molecule has 0 bridgehead atoms. The predicted octanol–water partition coefficient (Wildman–Crippen LogP) is 4.11. The normalized spacial score (nSPS) is 10.4. The van der Waals surface area contributed by atoms with Crippen LogP contribution in [0.1, 0.15) is 28.4 Å². The van der Waals surface area contributed by atoms with Gasteiger partial charge in [0.05, 0.1) is 0 Å². The average molecular weight is 271 g/mol. The Hall–Kier alpha value is -2.16. The number of aryl methyl sites for hydroxylation is 2. The van der Waals surface area contributed by atoms with Gasteiger partial charge in [-0.05, 0) is 56.2 Å². The lowest BCUT2D eigenvalue weighted by Crippen LogP contribution is -2.31. The van der Waals surface area contributed by atoms with Gasteiger partial charge >= 0.3 is 0 Å². The second-order valence-corrected chi connectivity index (χ2v) is 4.85. The van der Waals surface area contributed by atoms with Crippen LogP contribution in [0.15, 0.2) is 42.5 Å². The first-order valence-corrected chi connectivity index (χ1v) is 6.67. The molecule has 20 heavy (non-hydrogen) atoms. The van der Waals surface area contributed by atoms with Gasteiger partial charge < -0.3 is 4.90 Å². The minimum atomic E-state index is -0.395. The average Bonchev–Trinajstić information content (AvgIpc) is 2.43. The third-order valence-corrected chi connectivity index (χ3v) is 3.29. The fraction of sp³-hybridized carbons (Fsp3) is 0.235. The number of nitrogens with zero attached hydrogens (tertiary/aromatic N) is 1. The Labute approximate surface area is 118 Å². The van der Waals surface area contributed by atoms with Gasteiger partial charge in [-0.1, -0.05) is 18.2 Å². The van der Waals surface area contributed by atoms with Crippen molar-refractivity contribution < 1.29 is 9.18 Å². The van der Waals surface area contributed by atoms with Crippen molar-refractivity contribution in [2.45, 2.75) is 20.8 Å². The van der Waals surface area contributed by atoms with Crippen LogP contribution in [0.2, 0.25) is 0 Å². The summed E-state index contributed by atoms with van der Waals surface area (Å²) in [5.74, 6) is -0.575. The third-order valence-electron chi connectivity index (χ3n) is 3.29. The summed E-state index contributed by atoms with van der Waals surface area (Å²) < 4.78 is 13.3. The molecule has 0 unspecified atom stereocenters. The van der Waals surface area contributed by atoms with E-state index < -0.39 is 5.82 Å². The molecule has 104 valence electrons. The maximum Gasteiger partial charge on any atom is 0.258 e. The third kappa shape index (κ3) is 2.87. The molecule has 2 aromatic carbocycles. The number of rotatable bonds is 3. The van der Waals surface area contributed by atoms with Crippen molar-refractivity contribution in [3.8, 4) is 0 Å². The summed E-state index contributed by atoms with van der Waals surface area (Å²) in [4.78, 5) is 14.2. The van der Waals surface area contributed by atoms with E-state index >= 15 is 0 Å². The predicted molar refractivity (Wildman–Crippen MR) is 79.7 cm³/mol. The number of amides is 1. The van der Waals surface area contributed by atoms with Gasteiger partial charge in [0.1, 0.15) is 5.82 Å². The highest BCUT2D eigenvalue weighted by Gasteiger charge is 2.18. The van der Waals surface area contributed by atoms with Crippen molar-refractivity contribution in [2.24, 2.45) is 0 Å². The van der Waals surface area contributed by atoms with Crippen LogP contribution in [0.3, 0.4) is 0 Å². The summed E-state index contributed by atoms with van der Waals surface area (Å²) in [6, 6.07) is 11.8. The number of hydrogen-bond acceptors (Lipinski definition) is 1. The molecule has 1 amide bonds. The van der Waals surface area contributed by atoms with E-state index in [2.05, 4.69) is 0 Å². The molecule has 2 aromatic rings. The Morgan fingerprint density at radius 2 is 1.90 bits per heavy atom. The molecule has 0 N–H and O–H groups in total. The molecule has 0 saturated carbocycles. The first-order valence-electron chi connectivity index (χ1n) is 6.67. The first kappa shape index (κ1) is 14.3. The molecule has 2 nitrogen and oxygen atoms in total. The van der Waals surface area contributed by atoms with Gasteiger partial charge in [0.25, 0.3) is 5.91 Å². The summed E-state index contributed by atoms with van der Waals surface area (Å²) in [7, 11) is 0. The van der Waals surface area contributed by atoms with Crippen LogP contribution in [-0.2, 0) is 0 Å². The van der Waals surface area contributed by atoms with E-state index in [0.29, 0.717) is 12.1 Å². The molecule has 0 aliphatic carbocycles. The van der Waals surface area contributed by atoms with Gasteiger partial charge in [0.15, 0.2) is 0 Å². The summed E-state index contributed by atoms with van der Waals surface area (Å²) in [6.07, 6.45) is 0. The van der Waals surface area contributed by atoms with Crippen molar-refractivity contribution in [3.05, 3.63) is 65.0 Å². The Morgan fingerprint density at radius 1 is 1.15 bits per heavy atom. The molecule has 0 atom stereocenters. The Balaban J connectivity index is 2.42. The maximum atomic E-state index is 13.3. The minimum absolute atomic E-state index is 0.180. The largest absolute Gasteiger partial charge is 0.308 e. The highest BCUT2D eigenvalue weighted by atomic mass is 19.1. The summed E-state index contributed by atoms with van der Waals surface area (Å²) in [5, 5.41) is 0. The van der Waals surface area contributed by atoms with E-state index in [9.17, 15) is 9.18 Å². The second kappa shape index (κ2) is 5.87. The molecule has 2 rings (SSSR count). The van der Waals surface area contributed by atoms with Crippen molar-refractivity contribution in [1.29, 1.82) is 0 Å². The number of carbonyl (C=O) groups is 1. The topological polar surface area (TPSA) is 20.3 Å². The summed E-state index contributed by atoms with van der Waals surface area (Å²) >= 11 is 0. The zero-order valence-corrected chi connectivity index (χ0v) is 12.0. The van der Waals surface area contributed by atoms with Crippen molar-refractivity contribution >= 4 is 11.6 Å². The quantitative estimate of drug-likeness (QED) is 0.822. The fourth-order valence-corrected chi connectivity index (χ4v) is 2.21. The fourth-order valence-electron chi connectivity index (χ4n) is 2.21. The maximum absolute atomic E-state index is 13.3. The molecule has 0 spiro atoms. The molecule has 0 heterocycles. The van der Waals surface area contributed by atoms with E-state index in [1.54, 1.807) is 17.0 Å². The molecule has 0 aromatic heterocycles. The van der Waals surface area contributed by atoms with Crippen molar-refractivity contribution in [2.75, 3.05) is 11.4 Å². The zero-order valence-electron chi connectivity index (χ0n) is 12.0. The van der Waals surface area contributed by atoms with E-state index in [1.807, 2.05) is 39.0 Å². The Kier molecular flexibility index (Phi) is 4.18. The molecule has 0 aliphatic heterocycles. The van der Waals surface area contributed by atoms with Crippen molar-refractivity contribution in [3.63, 3.8) is 0 Å². The van der Waals surface area contributed by atoms with Gasteiger partial charge in [-0.2, -0.15) is 0 Å². The molecule has 0 saturated heterocycles. The first-order chi connectivity index (χ1) is 9.52. The number of halogens is 1. The minimum Gasteiger partial charge on any atom is -0.308 e. The van der Waals surface area contributed by atoms with Crippen molar-refractivity contribution in [1.82, 2.24) is 0 Å². The molecule has 0 aliphatic rings.